The van der Waals surface area contributed by atoms with Gasteiger partial charge in [0.2, 0.25) is 29.6 Å². The SMILES string of the molecule is COc1cc(C(CC(N)=O)c2oc(CN3CCCCC3)cc(=O)c2O)cc2c1OCO2. The minimum absolute atomic E-state index is 0.000715. The molecular weight excluding hydrogens is 404 g/mol. The Labute approximate surface area is 179 Å². The van der Waals surface area contributed by atoms with Crippen molar-refractivity contribution in [3.05, 3.63) is 45.5 Å². The van der Waals surface area contributed by atoms with Gasteiger partial charge < -0.3 is 29.5 Å². The minimum Gasteiger partial charge on any atom is -0.502 e. The second kappa shape index (κ2) is 8.89. The van der Waals surface area contributed by atoms with Crippen LogP contribution in [0.4, 0.5) is 0 Å². The van der Waals surface area contributed by atoms with E-state index in [9.17, 15) is 14.7 Å². The van der Waals surface area contributed by atoms with Crippen molar-refractivity contribution in [2.45, 2.75) is 38.1 Å². The van der Waals surface area contributed by atoms with Crippen LogP contribution in [0, 0.1) is 0 Å². The summed E-state index contributed by atoms with van der Waals surface area (Å²) in [5.41, 5.74) is 5.48. The predicted octanol–water partition coefficient (Wildman–Crippen LogP) is 2.08. The number of rotatable bonds is 7. The molecule has 1 aromatic heterocycles. The van der Waals surface area contributed by atoms with Crippen molar-refractivity contribution in [1.82, 2.24) is 4.90 Å². The van der Waals surface area contributed by atoms with Crippen molar-refractivity contribution in [3.63, 3.8) is 0 Å². The molecule has 9 nitrogen and oxygen atoms in total. The first-order chi connectivity index (χ1) is 15.0. The average Bonchev–Trinajstić information content (AvgIpc) is 3.23. The standard InChI is InChI=1S/C22H26N2O7/c1-28-17-7-13(8-18-22(17)30-12-29-18)15(10-19(23)26)21-20(27)16(25)9-14(31-21)11-24-5-3-2-4-6-24/h7-9,15,27H,2-6,10-12H2,1H3,(H2,23,26). The van der Waals surface area contributed by atoms with E-state index in [0.29, 0.717) is 35.1 Å². The Morgan fingerprint density at radius 2 is 2.00 bits per heavy atom. The molecule has 3 N–H and O–H groups in total. The number of hydrogen-bond donors (Lipinski definition) is 2. The lowest BCUT2D eigenvalue weighted by molar-refractivity contribution is -0.118. The van der Waals surface area contributed by atoms with E-state index in [4.69, 9.17) is 24.4 Å². The maximum Gasteiger partial charge on any atom is 0.231 e. The fourth-order valence-corrected chi connectivity index (χ4v) is 4.12. The van der Waals surface area contributed by atoms with Gasteiger partial charge in [-0.15, -0.1) is 0 Å². The van der Waals surface area contributed by atoms with Crippen LogP contribution in [0.3, 0.4) is 0 Å². The molecule has 1 fully saturated rings. The van der Waals surface area contributed by atoms with Crippen LogP contribution in [0.5, 0.6) is 23.0 Å². The van der Waals surface area contributed by atoms with Crippen LogP contribution in [0.15, 0.2) is 27.4 Å². The number of ether oxygens (including phenoxy) is 3. The molecule has 1 atom stereocenters. The Kier molecular flexibility index (Phi) is 6.03. The van der Waals surface area contributed by atoms with Gasteiger partial charge in [-0.2, -0.15) is 0 Å². The lowest BCUT2D eigenvalue weighted by atomic mass is 9.91. The maximum atomic E-state index is 12.5. The lowest BCUT2D eigenvalue weighted by Crippen LogP contribution is -2.29. The fourth-order valence-electron chi connectivity index (χ4n) is 4.12. The van der Waals surface area contributed by atoms with Crippen LogP contribution in [0.25, 0.3) is 0 Å². The molecule has 0 aliphatic carbocycles. The van der Waals surface area contributed by atoms with Gasteiger partial charge in [0.15, 0.2) is 17.3 Å². The van der Waals surface area contributed by atoms with Crippen molar-refractivity contribution in [3.8, 4) is 23.0 Å². The zero-order valence-electron chi connectivity index (χ0n) is 17.4. The smallest absolute Gasteiger partial charge is 0.231 e. The Morgan fingerprint density at radius 1 is 1.23 bits per heavy atom. The summed E-state index contributed by atoms with van der Waals surface area (Å²) in [4.78, 5) is 26.6. The summed E-state index contributed by atoms with van der Waals surface area (Å²) < 4.78 is 22.3. The van der Waals surface area contributed by atoms with E-state index in [0.717, 1.165) is 25.9 Å². The average molecular weight is 430 g/mol. The summed E-state index contributed by atoms with van der Waals surface area (Å²) in [6.45, 7) is 2.34. The van der Waals surface area contributed by atoms with Crippen molar-refractivity contribution < 1.29 is 28.5 Å². The fraction of sp³-hybridized carbons (Fsp3) is 0.455. The van der Waals surface area contributed by atoms with E-state index in [1.807, 2.05) is 0 Å². The Bertz CT molecular complexity index is 1030. The third-order valence-corrected chi connectivity index (χ3v) is 5.63. The highest BCUT2D eigenvalue weighted by molar-refractivity contribution is 5.75. The Balaban J connectivity index is 1.76. The molecular formula is C22H26N2O7. The normalized spacial score (nSPS) is 16.8. The molecule has 4 rings (SSSR count). The molecule has 3 heterocycles. The lowest BCUT2D eigenvalue weighted by Gasteiger charge is -2.26. The van der Waals surface area contributed by atoms with E-state index in [1.54, 1.807) is 12.1 Å². The number of likely N-dealkylation sites (tertiary alicyclic amines) is 1. The molecule has 1 aromatic carbocycles. The zero-order valence-corrected chi connectivity index (χ0v) is 17.4. The molecule has 2 aliphatic heterocycles. The van der Waals surface area contributed by atoms with Crippen molar-refractivity contribution in [2.75, 3.05) is 27.0 Å². The second-order valence-electron chi connectivity index (χ2n) is 7.81. The first-order valence-corrected chi connectivity index (χ1v) is 10.3. The van der Waals surface area contributed by atoms with E-state index >= 15 is 0 Å². The van der Waals surface area contributed by atoms with E-state index in [-0.39, 0.29) is 19.0 Å². The molecule has 2 aromatic rings. The van der Waals surface area contributed by atoms with Crippen LogP contribution in [0.2, 0.25) is 0 Å². The first kappa shape index (κ1) is 21.0. The molecule has 2 aliphatic rings. The van der Waals surface area contributed by atoms with Gasteiger partial charge in [-0.3, -0.25) is 14.5 Å². The number of hydrogen-bond acceptors (Lipinski definition) is 8. The number of nitrogens with two attached hydrogens (primary N) is 1. The van der Waals surface area contributed by atoms with E-state index in [2.05, 4.69) is 4.90 Å². The number of nitrogens with zero attached hydrogens (tertiary/aromatic N) is 1. The predicted molar refractivity (Wildman–Crippen MR) is 111 cm³/mol. The highest BCUT2D eigenvalue weighted by Crippen LogP contribution is 2.45. The Hall–Kier alpha value is -3.20. The highest BCUT2D eigenvalue weighted by Gasteiger charge is 2.29. The van der Waals surface area contributed by atoms with Crippen molar-refractivity contribution in [2.24, 2.45) is 5.73 Å². The van der Waals surface area contributed by atoms with Crippen LogP contribution in [-0.4, -0.2) is 42.9 Å². The monoisotopic (exact) mass is 430 g/mol. The topological polar surface area (TPSA) is 124 Å². The maximum absolute atomic E-state index is 12.5. The number of methoxy groups -OCH3 is 1. The summed E-state index contributed by atoms with van der Waals surface area (Å²) >= 11 is 0. The molecule has 1 unspecified atom stereocenters. The van der Waals surface area contributed by atoms with E-state index < -0.39 is 23.0 Å². The van der Waals surface area contributed by atoms with Crippen LogP contribution in [-0.2, 0) is 11.3 Å². The van der Waals surface area contributed by atoms with Gasteiger partial charge in [-0.05, 0) is 43.6 Å². The van der Waals surface area contributed by atoms with E-state index in [1.165, 1.54) is 19.6 Å². The largest absolute Gasteiger partial charge is 0.502 e. The molecule has 0 spiro atoms. The molecule has 0 bridgehead atoms. The summed E-state index contributed by atoms with van der Waals surface area (Å²) in [6, 6.07) is 4.64. The molecule has 1 saturated heterocycles. The molecule has 0 radical (unpaired) electrons. The summed E-state index contributed by atoms with van der Waals surface area (Å²) in [5.74, 6) is -0.207. The quantitative estimate of drug-likeness (QED) is 0.684. The summed E-state index contributed by atoms with van der Waals surface area (Å²) in [5, 5.41) is 10.5. The van der Waals surface area contributed by atoms with Gasteiger partial charge in [0.1, 0.15) is 5.76 Å². The summed E-state index contributed by atoms with van der Waals surface area (Å²) in [6.07, 6.45) is 3.20. The van der Waals surface area contributed by atoms with Gasteiger partial charge in [0.05, 0.1) is 19.6 Å². The van der Waals surface area contributed by atoms with Crippen molar-refractivity contribution in [1.29, 1.82) is 0 Å². The first-order valence-electron chi connectivity index (χ1n) is 10.3. The number of amides is 1. The number of aromatic hydroxyl groups is 1. The number of piperidine rings is 1. The Morgan fingerprint density at radius 3 is 2.71 bits per heavy atom. The number of carbonyl (C=O) groups excluding carboxylic acids is 1. The van der Waals surface area contributed by atoms with Crippen molar-refractivity contribution >= 4 is 5.91 Å². The van der Waals surface area contributed by atoms with Gasteiger partial charge >= 0.3 is 0 Å². The molecule has 0 saturated carbocycles. The number of fused-ring (bicyclic) bond motifs is 1. The number of primary amides is 1. The molecule has 166 valence electrons. The zero-order chi connectivity index (χ0) is 22.0. The summed E-state index contributed by atoms with van der Waals surface area (Å²) in [7, 11) is 1.49. The third kappa shape index (κ3) is 4.46. The minimum atomic E-state index is -0.796. The van der Waals surface area contributed by atoms with Gasteiger partial charge in [-0.25, -0.2) is 0 Å². The van der Waals surface area contributed by atoms with Gasteiger partial charge in [-0.1, -0.05) is 6.42 Å². The highest BCUT2D eigenvalue weighted by atomic mass is 16.7. The van der Waals surface area contributed by atoms with Crippen LogP contribution >= 0.6 is 0 Å². The molecule has 9 heteroatoms. The molecule has 31 heavy (non-hydrogen) atoms. The molecule has 1 amide bonds. The second-order valence-corrected chi connectivity index (χ2v) is 7.81. The van der Waals surface area contributed by atoms with Crippen LogP contribution in [0.1, 0.15) is 48.7 Å². The van der Waals surface area contributed by atoms with Crippen LogP contribution < -0.4 is 25.4 Å². The third-order valence-electron chi connectivity index (χ3n) is 5.63. The number of benzene rings is 1. The van der Waals surface area contributed by atoms with Gasteiger partial charge in [0, 0.05) is 12.5 Å². The number of carbonyl (C=O) groups is 1. The van der Waals surface area contributed by atoms with Gasteiger partial charge in [0.25, 0.3) is 0 Å².